The minimum absolute atomic E-state index is 0.302. The van der Waals surface area contributed by atoms with Crippen LogP contribution in [0.2, 0.25) is 5.02 Å². The lowest BCUT2D eigenvalue weighted by Gasteiger charge is -1.99. The molecule has 5 nitrogen and oxygen atoms in total. The zero-order valence-corrected chi connectivity index (χ0v) is 9.36. The van der Waals surface area contributed by atoms with E-state index in [1.54, 1.807) is 25.3 Å². The topological polar surface area (TPSA) is 74.2 Å². The number of nitrogens with two attached hydrogens (primary N) is 1. The number of nitrogens with zero attached hydrogens (tertiary/aromatic N) is 2. The highest BCUT2D eigenvalue weighted by Gasteiger charge is 2.11. The first-order valence-electron chi connectivity index (χ1n) is 4.57. The fourth-order valence-corrected chi connectivity index (χ4v) is 1.53. The Labute approximate surface area is 97.2 Å². The Balaban J connectivity index is 2.35. The highest BCUT2D eigenvalue weighted by atomic mass is 35.5. The Hall–Kier alpha value is -1.59. The van der Waals surface area contributed by atoms with Crippen molar-refractivity contribution in [1.29, 1.82) is 0 Å². The third kappa shape index (κ3) is 2.15. The largest absolute Gasteiger partial charge is 0.399 e. The number of halogens is 1. The fourth-order valence-electron chi connectivity index (χ4n) is 1.26. The molecule has 1 aromatic carbocycles. The van der Waals surface area contributed by atoms with E-state index in [1.807, 2.05) is 0 Å². The van der Waals surface area contributed by atoms with Crippen molar-refractivity contribution >= 4 is 17.3 Å². The number of anilines is 1. The van der Waals surface area contributed by atoms with Crippen LogP contribution in [0.4, 0.5) is 5.69 Å². The maximum absolute atomic E-state index is 6.01. The summed E-state index contributed by atoms with van der Waals surface area (Å²) in [6.07, 6.45) is 0. The van der Waals surface area contributed by atoms with Crippen LogP contribution < -0.4 is 5.73 Å². The molecule has 0 aliphatic heterocycles. The molecule has 6 heteroatoms. The molecule has 0 fully saturated rings. The van der Waals surface area contributed by atoms with Crippen molar-refractivity contribution in [3.8, 4) is 11.5 Å². The standard InChI is InChI=1S/C10H10ClN3O2/c1-15-5-9-13-10(16-14-9)7-3-2-6(12)4-8(7)11/h2-4H,5,12H2,1H3. The molecule has 0 unspecified atom stereocenters. The highest BCUT2D eigenvalue weighted by Crippen LogP contribution is 2.28. The Kier molecular flexibility index (Phi) is 3.07. The lowest BCUT2D eigenvalue weighted by molar-refractivity contribution is 0.174. The van der Waals surface area contributed by atoms with Gasteiger partial charge in [0.25, 0.3) is 5.89 Å². The van der Waals surface area contributed by atoms with E-state index in [2.05, 4.69) is 10.1 Å². The van der Waals surface area contributed by atoms with Gasteiger partial charge in [-0.15, -0.1) is 0 Å². The predicted octanol–water partition coefficient (Wildman–Crippen LogP) is 2.12. The zero-order chi connectivity index (χ0) is 11.5. The molecule has 0 atom stereocenters. The minimum atomic E-state index is 0.302. The van der Waals surface area contributed by atoms with Crippen LogP contribution in [-0.2, 0) is 11.3 Å². The Morgan fingerprint density at radius 3 is 3.00 bits per heavy atom. The number of methoxy groups -OCH3 is 1. The summed E-state index contributed by atoms with van der Waals surface area (Å²) in [5.41, 5.74) is 6.83. The van der Waals surface area contributed by atoms with E-state index < -0.39 is 0 Å². The summed E-state index contributed by atoms with van der Waals surface area (Å²) in [5, 5.41) is 4.22. The number of benzene rings is 1. The molecule has 0 spiro atoms. The Bertz CT molecular complexity index is 499. The minimum Gasteiger partial charge on any atom is -0.399 e. The van der Waals surface area contributed by atoms with E-state index in [-0.39, 0.29) is 0 Å². The van der Waals surface area contributed by atoms with Crippen LogP contribution in [0.5, 0.6) is 0 Å². The van der Waals surface area contributed by atoms with Crippen molar-refractivity contribution in [2.45, 2.75) is 6.61 Å². The van der Waals surface area contributed by atoms with Gasteiger partial charge in [-0.25, -0.2) is 0 Å². The van der Waals surface area contributed by atoms with Crippen LogP contribution in [0.15, 0.2) is 22.7 Å². The highest BCUT2D eigenvalue weighted by molar-refractivity contribution is 6.33. The Morgan fingerprint density at radius 2 is 2.31 bits per heavy atom. The molecule has 1 aromatic heterocycles. The van der Waals surface area contributed by atoms with Crippen LogP contribution in [-0.4, -0.2) is 17.3 Å². The number of hydrogen-bond acceptors (Lipinski definition) is 5. The molecule has 84 valence electrons. The van der Waals surface area contributed by atoms with Crippen molar-refractivity contribution in [2.24, 2.45) is 0 Å². The average Bonchev–Trinajstić information content (AvgIpc) is 2.67. The quantitative estimate of drug-likeness (QED) is 0.831. The maximum Gasteiger partial charge on any atom is 0.259 e. The van der Waals surface area contributed by atoms with Crippen LogP contribution in [0.25, 0.3) is 11.5 Å². The maximum atomic E-state index is 6.01. The van der Waals surface area contributed by atoms with Gasteiger partial charge in [0.2, 0.25) is 0 Å². The van der Waals surface area contributed by atoms with Gasteiger partial charge in [0, 0.05) is 12.8 Å². The Morgan fingerprint density at radius 1 is 1.50 bits per heavy atom. The summed E-state index contributed by atoms with van der Waals surface area (Å²) in [6.45, 7) is 0.302. The van der Waals surface area contributed by atoms with Crippen LogP contribution >= 0.6 is 11.6 Å². The molecule has 1 heterocycles. The molecule has 2 rings (SSSR count). The van der Waals surface area contributed by atoms with E-state index in [9.17, 15) is 0 Å². The van der Waals surface area contributed by atoms with Gasteiger partial charge >= 0.3 is 0 Å². The first-order chi connectivity index (χ1) is 7.70. The smallest absolute Gasteiger partial charge is 0.259 e. The van der Waals surface area contributed by atoms with E-state index in [0.717, 1.165) is 0 Å². The molecule has 0 aliphatic carbocycles. The fraction of sp³-hybridized carbons (Fsp3) is 0.200. The van der Waals surface area contributed by atoms with E-state index in [1.165, 1.54) is 0 Å². The molecule has 0 aliphatic rings. The third-order valence-corrected chi connectivity index (χ3v) is 2.28. The normalized spacial score (nSPS) is 10.6. The van der Waals surface area contributed by atoms with Crippen LogP contribution in [0.3, 0.4) is 0 Å². The lowest BCUT2D eigenvalue weighted by Crippen LogP contribution is -1.90. The summed E-state index contributed by atoms with van der Waals surface area (Å²) in [6, 6.07) is 5.10. The molecule has 0 saturated carbocycles. The van der Waals surface area contributed by atoms with Gasteiger partial charge in [-0.3, -0.25) is 0 Å². The molecule has 0 radical (unpaired) electrons. The number of nitrogen functional groups attached to an aromatic ring is 1. The number of rotatable bonds is 3. The second kappa shape index (κ2) is 4.51. The van der Waals surface area contributed by atoms with Crippen molar-refractivity contribution in [3.63, 3.8) is 0 Å². The molecule has 2 N–H and O–H groups in total. The van der Waals surface area contributed by atoms with Crippen molar-refractivity contribution in [3.05, 3.63) is 29.0 Å². The van der Waals surface area contributed by atoms with Gasteiger partial charge in [0.15, 0.2) is 5.82 Å². The predicted molar refractivity (Wildman–Crippen MR) is 59.9 cm³/mol. The number of ether oxygens (including phenoxy) is 1. The van der Waals surface area contributed by atoms with Crippen LogP contribution in [0.1, 0.15) is 5.82 Å². The summed E-state index contributed by atoms with van der Waals surface area (Å²) in [5.74, 6) is 0.836. The van der Waals surface area contributed by atoms with Crippen molar-refractivity contribution < 1.29 is 9.26 Å². The zero-order valence-electron chi connectivity index (χ0n) is 8.61. The molecule has 16 heavy (non-hydrogen) atoms. The second-order valence-electron chi connectivity index (χ2n) is 3.19. The summed E-state index contributed by atoms with van der Waals surface area (Å²) < 4.78 is 9.95. The summed E-state index contributed by atoms with van der Waals surface area (Å²) >= 11 is 6.01. The van der Waals surface area contributed by atoms with Gasteiger partial charge in [0.05, 0.1) is 10.6 Å². The van der Waals surface area contributed by atoms with Gasteiger partial charge in [0.1, 0.15) is 6.61 Å². The number of aromatic nitrogens is 2. The molecule has 2 aromatic rings. The lowest BCUT2D eigenvalue weighted by atomic mass is 10.2. The van der Waals surface area contributed by atoms with Gasteiger partial charge in [-0.05, 0) is 18.2 Å². The first kappa shape index (κ1) is 10.9. The van der Waals surface area contributed by atoms with Crippen molar-refractivity contribution in [2.75, 3.05) is 12.8 Å². The monoisotopic (exact) mass is 239 g/mol. The average molecular weight is 240 g/mol. The van der Waals surface area contributed by atoms with E-state index in [0.29, 0.717) is 34.6 Å². The SMILES string of the molecule is COCc1noc(-c2ccc(N)cc2Cl)n1. The third-order valence-electron chi connectivity index (χ3n) is 1.97. The van der Waals surface area contributed by atoms with E-state index >= 15 is 0 Å². The molecule has 0 saturated heterocycles. The molecular formula is C10H10ClN3O2. The van der Waals surface area contributed by atoms with Crippen LogP contribution in [0, 0.1) is 0 Å². The van der Waals surface area contributed by atoms with Crippen molar-refractivity contribution in [1.82, 2.24) is 10.1 Å². The van der Waals surface area contributed by atoms with E-state index in [4.69, 9.17) is 26.6 Å². The summed E-state index contributed by atoms with van der Waals surface area (Å²) in [4.78, 5) is 4.13. The van der Waals surface area contributed by atoms with Gasteiger partial charge in [-0.1, -0.05) is 16.8 Å². The molecule has 0 bridgehead atoms. The second-order valence-corrected chi connectivity index (χ2v) is 3.60. The van der Waals surface area contributed by atoms with Gasteiger partial charge < -0.3 is 15.0 Å². The van der Waals surface area contributed by atoms with Gasteiger partial charge in [-0.2, -0.15) is 4.98 Å². The first-order valence-corrected chi connectivity index (χ1v) is 4.95. The number of hydrogen-bond donors (Lipinski definition) is 1. The molecular weight excluding hydrogens is 230 g/mol. The molecule has 0 amide bonds. The summed E-state index contributed by atoms with van der Waals surface area (Å²) in [7, 11) is 1.56.